The molecule has 15 heavy (non-hydrogen) atoms. The van der Waals surface area contributed by atoms with E-state index in [0.717, 1.165) is 15.8 Å². The topological polar surface area (TPSA) is 44.5 Å². The summed E-state index contributed by atoms with van der Waals surface area (Å²) in [7, 11) is 1.65. The van der Waals surface area contributed by atoms with Crippen LogP contribution in [-0.2, 0) is 11.3 Å². The van der Waals surface area contributed by atoms with Crippen molar-refractivity contribution in [3.05, 3.63) is 28.2 Å². The first-order valence-corrected chi connectivity index (χ1v) is 5.17. The summed E-state index contributed by atoms with van der Waals surface area (Å²) in [5.41, 5.74) is 6.58. The molecule has 1 aromatic carbocycles. The molecule has 0 saturated heterocycles. The number of nitrogens with two attached hydrogens (primary N) is 1. The third kappa shape index (κ3) is 4.84. The molecule has 0 aliphatic rings. The second-order valence-electron chi connectivity index (χ2n) is 2.80. The minimum Gasteiger partial charge on any atom is -0.491 e. The van der Waals surface area contributed by atoms with Gasteiger partial charge in [0.2, 0.25) is 0 Å². The van der Waals surface area contributed by atoms with Gasteiger partial charge in [-0.25, -0.2) is 0 Å². The average Bonchev–Trinajstić information content (AvgIpc) is 2.19. The van der Waals surface area contributed by atoms with E-state index in [0.29, 0.717) is 19.8 Å². The summed E-state index contributed by atoms with van der Waals surface area (Å²) < 4.78 is 11.4. The molecule has 0 fully saturated rings. The molecule has 1 rings (SSSR count). The minimum absolute atomic E-state index is 0. The highest BCUT2D eigenvalue weighted by Gasteiger charge is 2.02. The Morgan fingerprint density at radius 1 is 1.33 bits per heavy atom. The predicted molar refractivity (Wildman–Crippen MR) is 66.7 cm³/mol. The Morgan fingerprint density at radius 3 is 2.67 bits per heavy atom. The normalized spacial score (nSPS) is 9.53. The zero-order valence-corrected chi connectivity index (χ0v) is 10.9. The number of halogens is 2. The van der Waals surface area contributed by atoms with Crippen molar-refractivity contribution < 1.29 is 9.47 Å². The second-order valence-corrected chi connectivity index (χ2v) is 3.71. The summed E-state index contributed by atoms with van der Waals surface area (Å²) in [6, 6.07) is 5.81. The van der Waals surface area contributed by atoms with Crippen molar-refractivity contribution in [3.63, 3.8) is 0 Å². The van der Waals surface area contributed by atoms with E-state index in [1.54, 1.807) is 7.11 Å². The number of benzene rings is 1. The summed E-state index contributed by atoms with van der Waals surface area (Å²) in [5, 5.41) is 0. The molecule has 0 spiro atoms. The molecule has 0 aromatic heterocycles. The molecule has 3 nitrogen and oxygen atoms in total. The van der Waals surface area contributed by atoms with E-state index in [4.69, 9.17) is 15.2 Å². The third-order valence-corrected chi connectivity index (χ3v) is 2.29. The van der Waals surface area contributed by atoms with Crippen LogP contribution in [0.5, 0.6) is 5.75 Å². The van der Waals surface area contributed by atoms with Crippen LogP contribution in [0, 0.1) is 0 Å². The Labute approximate surface area is 104 Å². The van der Waals surface area contributed by atoms with E-state index < -0.39 is 0 Å². The maximum atomic E-state index is 5.58. The van der Waals surface area contributed by atoms with Gasteiger partial charge in [0.05, 0.1) is 6.61 Å². The maximum absolute atomic E-state index is 5.58. The van der Waals surface area contributed by atoms with E-state index in [9.17, 15) is 0 Å². The Bertz CT molecular complexity index is 297. The van der Waals surface area contributed by atoms with Crippen molar-refractivity contribution in [1.82, 2.24) is 0 Å². The molecule has 0 aliphatic carbocycles. The van der Waals surface area contributed by atoms with Gasteiger partial charge in [-0.05, 0) is 12.1 Å². The zero-order chi connectivity index (χ0) is 10.4. The first kappa shape index (κ1) is 14.7. The lowest BCUT2D eigenvalue weighted by Gasteiger charge is -2.10. The lowest BCUT2D eigenvalue weighted by molar-refractivity contribution is 0.145. The Morgan fingerprint density at radius 2 is 2.07 bits per heavy atom. The van der Waals surface area contributed by atoms with Gasteiger partial charge in [-0.3, -0.25) is 0 Å². The molecule has 1 aromatic rings. The molecule has 0 heterocycles. The van der Waals surface area contributed by atoms with Crippen molar-refractivity contribution in [2.75, 3.05) is 20.3 Å². The summed E-state index contributed by atoms with van der Waals surface area (Å²) >= 11 is 3.38. The Balaban J connectivity index is 0.00000196. The van der Waals surface area contributed by atoms with Crippen LogP contribution < -0.4 is 10.5 Å². The number of rotatable bonds is 5. The van der Waals surface area contributed by atoms with Gasteiger partial charge >= 0.3 is 0 Å². The van der Waals surface area contributed by atoms with Gasteiger partial charge in [-0.2, -0.15) is 0 Å². The van der Waals surface area contributed by atoms with E-state index in [1.807, 2.05) is 18.2 Å². The van der Waals surface area contributed by atoms with Gasteiger partial charge in [0.25, 0.3) is 0 Å². The molecule has 5 heteroatoms. The second kappa shape index (κ2) is 7.93. The predicted octanol–water partition coefficient (Wildman–Crippen LogP) is 2.35. The fourth-order valence-electron chi connectivity index (χ4n) is 1.07. The molecule has 86 valence electrons. The summed E-state index contributed by atoms with van der Waals surface area (Å²) in [4.78, 5) is 0. The van der Waals surface area contributed by atoms with E-state index in [2.05, 4.69) is 15.9 Å². The van der Waals surface area contributed by atoms with Crippen LogP contribution in [0.1, 0.15) is 5.56 Å². The SMILES string of the molecule is COCCOc1cc(Br)ccc1CN.Cl. The molecule has 0 bridgehead atoms. The van der Waals surface area contributed by atoms with Crippen LogP contribution in [0.25, 0.3) is 0 Å². The van der Waals surface area contributed by atoms with Crippen LogP contribution in [0.4, 0.5) is 0 Å². The molecule has 0 radical (unpaired) electrons. The van der Waals surface area contributed by atoms with Gasteiger partial charge < -0.3 is 15.2 Å². The lowest BCUT2D eigenvalue weighted by atomic mass is 10.2. The van der Waals surface area contributed by atoms with Crippen LogP contribution in [0.15, 0.2) is 22.7 Å². The van der Waals surface area contributed by atoms with Crippen molar-refractivity contribution in [2.24, 2.45) is 5.73 Å². The molecule has 0 amide bonds. The molecule has 2 N–H and O–H groups in total. The highest BCUT2D eigenvalue weighted by atomic mass is 79.9. The van der Waals surface area contributed by atoms with Crippen molar-refractivity contribution >= 4 is 28.3 Å². The molecular weight excluding hydrogens is 281 g/mol. The van der Waals surface area contributed by atoms with Crippen LogP contribution in [0.3, 0.4) is 0 Å². The monoisotopic (exact) mass is 295 g/mol. The molecule has 0 unspecified atom stereocenters. The number of hydrogen-bond acceptors (Lipinski definition) is 3. The van der Waals surface area contributed by atoms with E-state index in [-0.39, 0.29) is 12.4 Å². The Hall–Kier alpha value is -0.290. The molecule has 0 aliphatic heterocycles. The fraction of sp³-hybridized carbons (Fsp3) is 0.400. The largest absolute Gasteiger partial charge is 0.491 e. The van der Waals surface area contributed by atoms with Crippen LogP contribution in [-0.4, -0.2) is 20.3 Å². The third-order valence-electron chi connectivity index (χ3n) is 1.79. The zero-order valence-electron chi connectivity index (χ0n) is 8.53. The van der Waals surface area contributed by atoms with Gasteiger partial charge in [0, 0.05) is 23.7 Å². The first-order valence-electron chi connectivity index (χ1n) is 4.38. The summed E-state index contributed by atoms with van der Waals surface area (Å²) in [6.45, 7) is 1.60. The average molecular weight is 297 g/mol. The van der Waals surface area contributed by atoms with Crippen LogP contribution >= 0.6 is 28.3 Å². The summed E-state index contributed by atoms with van der Waals surface area (Å²) in [5.74, 6) is 0.818. The number of methoxy groups -OCH3 is 1. The highest BCUT2D eigenvalue weighted by molar-refractivity contribution is 9.10. The van der Waals surface area contributed by atoms with E-state index in [1.165, 1.54) is 0 Å². The van der Waals surface area contributed by atoms with Gasteiger partial charge in [-0.15, -0.1) is 12.4 Å². The van der Waals surface area contributed by atoms with Gasteiger partial charge in [-0.1, -0.05) is 22.0 Å². The molecular formula is C10H15BrClNO2. The van der Waals surface area contributed by atoms with Crippen LogP contribution in [0.2, 0.25) is 0 Å². The Kier molecular flexibility index (Phi) is 7.78. The first-order chi connectivity index (χ1) is 6.77. The maximum Gasteiger partial charge on any atom is 0.125 e. The quantitative estimate of drug-likeness (QED) is 0.848. The van der Waals surface area contributed by atoms with Gasteiger partial charge in [0.1, 0.15) is 12.4 Å². The number of ether oxygens (including phenoxy) is 2. The van der Waals surface area contributed by atoms with Crippen molar-refractivity contribution in [3.8, 4) is 5.75 Å². The lowest BCUT2D eigenvalue weighted by Crippen LogP contribution is -2.07. The smallest absolute Gasteiger partial charge is 0.125 e. The minimum atomic E-state index is 0. The molecule has 0 saturated carbocycles. The highest BCUT2D eigenvalue weighted by Crippen LogP contribution is 2.23. The summed E-state index contributed by atoms with van der Waals surface area (Å²) in [6.07, 6.45) is 0. The van der Waals surface area contributed by atoms with E-state index >= 15 is 0 Å². The standard InChI is InChI=1S/C10H14BrNO2.ClH/c1-13-4-5-14-10-6-9(11)3-2-8(10)7-12;/h2-3,6H,4-5,7,12H2,1H3;1H. The fourth-order valence-corrected chi connectivity index (χ4v) is 1.41. The van der Waals surface area contributed by atoms with Gasteiger partial charge in [0.15, 0.2) is 0 Å². The van der Waals surface area contributed by atoms with Crippen molar-refractivity contribution in [1.29, 1.82) is 0 Å². The number of hydrogen-bond donors (Lipinski definition) is 1. The van der Waals surface area contributed by atoms with Crippen molar-refractivity contribution in [2.45, 2.75) is 6.54 Å². The molecule has 0 atom stereocenters.